The van der Waals surface area contributed by atoms with Gasteiger partial charge in [-0.25, -0.2) is 4.39 Å². The number of nitrogens with two attached hydrogens (primary N) is 4. The van der Waals surface area contributed by atoms with Crippen molar-refractivity contribution in [1.29, 1.82) is 0 Å². The van der Waals surface area contributed by atoms with Gasteiger partial charge in [0.1, 0.15) is 24.4 Å². The molecule has 10 heteroatoms. The Morgan fingerprint density at radius 3 is 2.27 bits per heavy atom. The molecule has 0 bridgehead atoms. The minimum Gasteiger partial charge on any atom is -0.389 e. The van der Waals surface area contributed by atoms with Crippen LogP contribution in [0.3, 0.4) is 0 Å². The van der Waals surface area contributed by atoms with Gasteiger partial charge in [-0.1, -0.05) is 0 Å². The van der Waals surface area contributed by atoms with E-state index >= 15 is 0 Å². The maximum atomic E-state index is 13.8. The van der Waals surface area contributed by atoms with Crippen molar-refractivity contribution in [3.05, 3.63) is 0 Å². The van der Waals surface area contributed by atoms with E-state index in [0.29, 0.717) is 0 Å². The van der Waals surface area contributed by atoms with E-state index in [4.69, 9.17) is 32.4 Å². The standard InChI is InChI=1S/C12H25FN4O5/c13-6-5(2-14)21-12(7(17)9(6)19)22-11-4(16)1-3(15)8(18)10(11)20/h3-12,18-20H,1-2,14-17H2/t3-,4+,5-,6-,7-,8+,9+,10-,11-,12-/m1/s1. The summed E-state index contributed by atoms with van der Waals surface area (Å²) in [4.78, 5) is 0. The first-order valence-corrected chi connectivity index (χ1v) is 7.24. The summed E-state index contributed by atoms with van der Waals surface area (Å²) in [6.45, 7) is -0.169. The van der Waals surface area contributed by atoms with Crippen LogP contribution in [-0.4, -0.2) is 83.0 Å². The van der Waals surface area contributed by atoms with Crippen molar-refractivity contribution < 1.29 is 29.2 Å². The highest BCUT2D eigenvalue weighted by Crippen LogP contribution is 2.27. The Kier molecular flexibility index (Phi) is 5.69. The highest BCUT2D eigenvalue weighted by molar-refractivity contribution is 4.99. The van der Waals surface area contributed by atoms with Crippen LogP contribution in [0.15, 0.2) is 0 Å². The molecule has 130 valence electrons. The summed E-state index contributed by atoms with van der Waals surface area (Å²) in [5, 5.41) is 29.6. The number of hydrogen-bond acceptors (Lipinski definition) is 9. The van der Waals surface area contributed by atoms with Gasteiger partial charge in [0.05, 0.1) is 12.1 Å². The largest absolute Gasteiger partial charge is 0.389 e. The molecule has 1 saturated heterocycles. The molecule has 0 amide bonds. The van der Waals surface area contributed by atoms with E-state index in [9.17, 15) is 19.7 Å². The molecule has 11 N–H and O–H groups in total. The number of alkyl halides is 1. The van der Waals surface area contributed by atoms with E-state index in [1.54, 1.807) is 0 Å². The van der Waals surface area contributed by atoms with E-state index in [1.807, 2.05) is 0 Å². The Morgan fingerprint density at radius 2 is 1.68 bits per heavy atom. The van der Waals surface area contributed by atoms with Crippen LogP contribution in [0.1, 0.15) is 6.42 Å². The van der Waals surface area contributed by atoms with Gasteiger partial charge in [-0.2, -0.15) is 0 Å². The van der Waals surface area contributed by atoms with Crippen LogP contribution in [0.4, 0.5) is 4.39 Å². The van der Waals surface area contributed by atoms with Crippen LogP contribution in [-0.2, 0) is 9.47 Å². The Labute approximate surface area is 127 Å². The summed E-state index contributed by atoms with van der Waals surface area (Å²) in [5.74, 6) is 0. The van der Waals surface area contributed by atoms with Crippen LogP contribution in [0.2, 0.25) is 0 Å². The van der Waals surface area contributed by atoms with Crippen LogP contribution in [0.5, 0.6) is 0 Å². The second kappa shape index (κ2) is 6.99. The van der Waals surface area contributed by atoms with Gasteiger partial charge in [-0.3, -0.25) is 0 Å². The van der Waals surface area contributed by atoms with Crippen LogP contribution in [0, 0.1) is 0 Å². The lowest BCUT2D eigenvalue weighted by atomic mass is 9.84. The van der Waals surface area contributed by atoms with Crippen LogP contribution >= 0.6 is 0 Å². The fourth-order valence-electron chi connectivity index (χ4n) is 2.86. The van der Waals surface area contributed by atoms with Crippen LogP contribution in [0.25, 0.3) is 0 Å². The minimum atomic E-state index is -1.73. The number of ether oxygens (including phenoxy) is 2. The molecule has 1 aliphatic carbocycles. The maximum absolute atomic E-state index is 13.8. The van der Waals surface area contributed by atoms with Gasteiger partial charge in [0.25, 0.3) is 0 Å². The summed E-state index contributed by atoms with van der Waals surface area (Å²) in [6.07, 6.45) is -8.88. The molecule has 1 saturated carbocycles. The fourth-order valence-corrected chi connectivity index (χ4v) is 2.86. The predicted octanol–water partition coefficient (Wildman–Crippen LogP) is -4.14. The molecule has 1 aliphatic heterocycles. The van der Waals surface area contributed by atoms with E-state index in [0.717, 1.165) is 0 Å². The van der Waals surface area contributed by atoms with Gasteiger partial charge in [-0.05, 0) is 6.42 Å². The van der Waals surface area contributed by atoms with Crippen molar-refractivity contribution in [2.45, 2.75) is 67.5 Å². The molecule has 1 heterocycles. The lowest BCUT2D eigenvalue weighted by Gasteiger charge is -2.45. The number of rotatable bonds is 3. The molecule has 9 nitrogen and oxygen atoms in total. The van der Waals surface area contributed by atoms with Crippen molar-refractivity contribution >= 4 is 0 Å². The Balaban J connectivity index is 2.08. The third-order valence-corrected chi connectivity index (χ3v) is 4.31. The molecule has 0 aromatic rings. The van der Waals surface area contributed by atoms with Gasteiger partial charge in [0, 0.05) is 18.6 Å². The zero-order chi connectivity index (χ0) is 16.6. The fraction of sp³-hybridized carbons (Fsp3) is 1.00. The lowest BCUT2D eigenvalue weighted by Crippen LogP contribution is -2.66. The molecule has 2 fully saturated rings. The molecule has 0 radical (unpaired) electrons. The first-order valence-electron chi connectivity index (χ1n) is 7.24. The first-order chi connectivity index (χ1) is 10.3. The molecule has 10 atom stereocenters. The first kappa shape index (κ1) is 17.9. The van der Waals surface area contributed by atoms with Crippen LogP contribution < -0.4 is 22.9 Å². The second-order valence-corrected chi connectivity index (χ2v) is 5.94. The maximum Gasteiger partial charge on any atom is 0.176 e. The molecular weight excluding hydrogens is 299 g/mol. The summed E-state index contributed by atoms with van der Waals surface area (Å²) < 4.78 is 24.6. The van der Waals surface area contributed by atoms with Crippen molar-refractivity contribution in [2.75, 3.05) is 6.54 Å². The summed E-state index contributed by atoms with van der Waals surface area (Å²) in [5.41, 5.74) is 22.6. The molecule has 2 aliphatic rings. The van der Waals surface area contributed by atoms with Gasteiger partial charge in [-0.15, -0.1) is 0 Å². The highest BCUT2D eigenvalue weighted by Gasteiger charge is 2.48. The Morgan fingerprint density at radius 1 is 1.05 bits per heavy atom. The normalized spacial score (nSPS) is 53.5. The molecule has 0 spiro atoms. The van der Waals surface area contributed by atoms with Crippen molar-refractivity contribution in [3.8, 4) is 0 Å². The molecule has 0 aromatic carbocycles. The zero-order valence-electron chi connectivity index (χ0n) is 12.0. The third-order valence-electron chi connectivity index (χ3n) is 4.31. The van der Waals surface area contributed by atoms with Crippen molar-refractivity contribution in [2.24, 2.45) is 22.9 Å². The zero-order valence-corrected chi connectivity index (χ0v) is 12.0. The third kappa shape index (κ3) is 3.25. The molecule has 0 aromatic heterocycles. The summed E-state index contributed by atoms with van der Waals surface area (Å²) >= 11 is 0. The summed E-state index contributed by atoms with van der Waals surface area (Å²) in [7, 11) is 0. The van der Waals surface area contributed by atoms with Crippen molar-refractivity contribution in [3.63, 3.8) is 0 Å². The average Bonchev–Trinajstić information content (AvgIpc) is 2.49. The van der Waals surface area contributed by atoms with E-state index in [-0.39, 0.29) is 13.0 Å². The lowest BCUT2D eigenvalue weighted by molar-refractivity contribution is -0.280. The SMILES string of the molecule is NC[C@H]1O[C@H](O[C@H]2[C@H](O)[C@@H](O)[C@H](N)C[C@@H]2N)[C@H](N)[C@@H](O)[C@@H]1F. The molecule has 22 heavy (non-hydrogen) atoms. The Bertz CT molecular complexity index is 379. The topological polar surface area (TPSA) is 183 Å². The number of hydrogen-bond donors (Lipinski definition) is 7. The van der Waals surface area contributed by atoms with Gasteiger partial charge in [0.15, 0.2) is 12.5 Å². The van der Waals surface area contributed by atoms with Gasteiger partial charge >= 0.3 is 0 Å². The van der Waals surface area contributed by atoms with E-state index < -0.39 is 61.1 Å². The predicted molar refractivity (Wildman–Crippen MR) is 74.0 cm³/mol. The quantitative estimate of drug-likeness (QED) is 0.271. The molecule has 0 unspecified atom stereocenters. The highest BCUT2D eigenvalue weighted by atomic mass is 19.1. The number of aliphatic hydroxyl groups excluding tert-OH is 3. The Hall–Kier alpha value is -0.430. The monoisotopic (exact) mass is 324 g/mol. The van der Waals surface area contributed by atoms with E-state index in [2.05, 4.69) is 0 Å². The molecular formula is C12H25FN4O5. The second-order valence-electron chi connectivity index (χ2n) is 5.94. The number of halogens is 1. The minimum absolute atomic E-state index is 0.169. The molecule has 2 rings (SSSR count). The number of aliphatic hydroxyl groups is 3. The van der Waals surface area contributed by atoms with Gasteiger partial charge in [0.2, 0.25) is 0 Å². The van der Waals surface area contributed by atoms with E-state index in [1.165, 1.54) is 0 Å². The summed E-state index contributed by atoms with van der Waals surface area (Å²) in [6, 6.07) is -2.52. The van der Waals surface area contributed by atoms with Crippen molar-refractivity contribution in [1.82, 2.24) is 0 Å². The smallest absolute Gasteiger partial charge is 0.176 e. The average molecular weight is 324 g/mol. The van der Waals surface area contributed by atoms with Gasteiger partial charge < -0.3 is 47.7 Å².